The van der Waals surface area contributed by atoms with E-state index in [4.69, 9.17) is 9.47 Å². The Kier molecular flexibility index (Phi) is 5.86. The Morgan fingerprint density at radius 2 is 2.04 bits per heavy atom. The zero-order valence-corrected chi connectivity index (χ0v) is 14.0. The van der Waals surface area contributed by atoms with Crippen LogP contribution in [-0.4, -0.2) is 33.1 Å². The summed E-state index contributed by atoms with van der Waals surface area (Å²) in [4.78, 5) is 10.9. The largest absolute Gasteiger partial charge is 0.549 e. The van der Waals surface area contributed by atoms with E-state index in [2.05, 4.69) is 10.2 Å². The lowest BCUT2D eigenvalue weighted by atomic mass is 10.3. The molecule has 2 aromatic rings. The second-order valence-electron chi connectivity index (χ2n) is 4.66. The number of ether oxygens (including phenoxy) is 2. The fraction of sp³-hybridized carbons (Fsp3) is 0.400. The summed E-state index contributed by atoms with van der Waals surface area (Å²) >= 11 is 1.10. The first kappa shape index (κ1) is 17.1. The summed E-state index contributed by atoms with van der Waals surface area (Å²) < 4.78 is 12.8. The maximum Gasteiger partial charge on any atom is 0.191 e. The number of rotatable bonds is 8. The number of para-hydroxylation sites is 2. The van der Waals surface area contributed by atoms with Gasteiger partial charge in [0.1, 0.15) is 6.61 Å². The molecule has 0 unspecified atom stereocenters. The number of hydrogen-bond donors (Lipinski definition) is 0. The van der Waals surface area contributed by atoms with Gasteiger partial charge in [-0.3, -0.25) is 0 Å². The van der Waals surface area contributed by atoms with E-state index in [1.54, 1.807) is 20.1 Å². The van der Waals surface area contributed by atoms with Crippen molar-refractivity contribution in [2.75, 3.05) is 7.11 Å². The molecular formula is C15H18N3O4S-. The Balaban J connectivity index is 2.11. The average molecular weight is 336 g/mol. The van der Waals surface area contributed by atoms with Gasteiger partial charge in [0, 0.05) is 11.8 Å². The molecule has 1 aromatic carbocycles. The summed E-state index contributed by atoms with van der Waals surface area (Å²) in [7, 11) is 1.58. The number of methoxy groups -OCH3 is 1. The number of benzene rings is 1. The normalized spacial score (nSPS) is 12.0. The van der Waals surface area contributed by atoms with Crippen molar-refractivity contribution in [2.24, 2.45) is 0 Å². The minimum Gasteiger partial charge on any atom is -0.549 e. The van der Waals surface area contributed by atoms with Crippen LogP contribution in [0.3, 0.4) is 0 Å². The predicted molar refractivity (Wildman–Crippen MR) is 83.3 cm³/mol. The molecule has 124 valence electrons. The second kappa shape index (κ2) is 7.87. The summed E-state index contributed by atoms with van der Waals surface area (Å²) in [5, 5.41) is 18.8. The molecule has 0 aliphatic carbocycles. The van der Waals surface area contributed by atoms with Crippen molar-refractivity contribution in [1.29, 1.82) is 0 Å². The molecule has 1 aromatic heterocycles. The van der Waals surface area contributed by atoms with Crippen LogP contribution < -0.4 is 14.6 Å². The molecule has 2 rings (SSSR count). The third-order valence-electron chi connectivity index (χ3n) is 3.15. The van der Waals surface area contributed by atoms with Crippen molar-refractivity contribution < 1.29 is 19.4 Å². The van der Waals surface area contributed by atoms with Gasteiger partial charge in [0.2, 0.25) is 0 Å². The smallest absolute Gasteiger partial charge is 0.191 e. The lowest BCUT2D eigenvalue weighted by molar-refractivity contribution is -0.304. The van der Waals surface area contributed by atoms with Gasteiger partial charge in [-0.2, -0.15) is 0 Å². The Bertz CT molecular complexity index is 674. The highest BCUT2D eigenvalue weighted by atomic mass is 32.2. The van der Waals surface area contributed by atoms with Crippen molar-refractivity contribution in [3.63, 3.8) is 0 Å². The van der Waals surface area contributed by atoms with Crippen LogP contribution in [0.2, 0.25) is 0 Å². The van der Waals surface area contributed by atoms with Crippen molar-refractivity contribution in [1.82, 2.24) is 14.8 Å². The Morgan fingerprint density at radius 3 is 2.65 bits per heavy atom. The number of thioether (sulfide) groups is 1. The maximum atomic E-state index is 10.9. The number of nitrogens with zero attached hydrogens (tertiary/aromatic N) is 3. The maximum absolute atomic E-state index is 10.9. The number of carbonyl (C=O) groups excluding carboxylic acids is 1. The fourth-order valence-corrected chi connectivity index (χ4v) is 2.78. The van der Waals surface area contributed by atoms with Gasteiger partial charge >= 0.3 is 0 Å². The molecule has 0 radical (unpaired) electrons. The molecule has 0 bridgehead atoms. The monoisotopic (exact) mass is 336 g/mol. The van der Waals surface area contributed by atoms with E-state index >= 15 is 0 Å². The number of hydrogen-bond acceptors (Lipinski definition) is 7. The molecule has 0 saturated carbocycles. The van der Waals surface area contributed by atoms with Crippen LogP contribution in [0.5, 0.6) is 11.5 Å². The fourth-order valence-electron chi connectivity index (χ4n) is 1.92. The lowest BCUT2D eigenvalue weighted by Crippen LogP contribution is -2.31. The number of aromatic nitrogens is 3. The van der Waals surface area contributed by atoms with Crippen LogP contribution in [0, 0.1) is 0 Å². The molecule has 7 nitrogen and oxygen atoms in total. The van der Waals surface area contributed by atoms with Gasteiger partial charge in [0.15, 0.2) is 22.5 Å². The first-order valence-electron chi connectivity index (χ1n) is 7.12. The van der Waals surface area contributed by atoms with Crippen LogP contribution in [-0.2, 0) is 17.9 Å². The van der Waals surface area contributed by atoms with E-state index in [9.17, 15) is 9.90 Å². The summed E-state index contributed by atoms with van der Waals surface area (Å²) in [5.74, 6) is 0.729. The van der Waals surface area contributed by atoms with Gasteiger partial charge in [-0.15, -0.1) is 10.2 Å². The standard InChI is InChI=1S/C15H19N3O4S/c1-4-18-13(16-17-15(18)23-10(2)14(19)20)9-22-12-8-6-5-7-11(12)21-3/h5-8,10H,4,9H2,1-3H3,(H,19,20)/p-1/t10-/m0/s1. The van der Waals surface area contributed by atoms with Gasteiger partial charge in [-0.1, -0.05) is 23.9 Å². The van der Waals surface area contributed by atoms with E-state index in [1.165, 1.54) is 0 Å². The summed E-state index contributed by atoms with van der Waals surface area (Å²) in [6.45, 7) is 4.31. The number of carbonyl (C=O) groups is 1. The summed E-state index contributed by atoms with van der Waals surface area (Å²) in [5.41, 5.74) is 0. The van der Waals surface area contributed by atoms with Crippen LogP contribution in [0.25, 0.3) is 0 Å². The number of carboxylic acids is 1. The summed E-state index contributed by atoms with van der Waals surface area (Å²) in [6, 6.07) is 7.32. The quantitative estimate of drug-likeness (QED) is 0.667. The number of aliphatic carboxylic acids is 1. The third-order valence-corrected chi connectivity index (χ3v) is 4.21. The zero-order chi connectivity index (χ0) is 16.8. The minimum atomic E-state index is -1.13. The van der Waals surface area contributed by atoms with E-state index in [0.717, 1.165) is 11.8 Å². The van der Waals surface area contributed by atoms with E-state index in [0.29, 0.717) is 29.0 Å². The van der Waals surface area contributed by atoms with Crippen LogP contribution >= 0.6 is 11.8 Å². The lowest BCUT2D eigenvalue weighted by Gasteiger charge is -2.13. The Hall–Kier alpha value is -2.22. The number of carboxylic acid groups (broad SMARTS) is 1. The topological polar surface area (TPSA) is 89.3 Å². The van der Waals surface area contributed by atoms with Gasteiger partial charge < -0.3 is 23.9 Å². The zero-order valence-electron chi connectivity index (χ0n) is 13.2. The molecular weight excluding hydrogens is 318 g/mol. The van der Waals surface area contributed by atoms with E-state index in [1.807, 2.05) is 29.7 Å². The van der Waals surface area contributed by atoms with E-state index in [-0.39, 0.29) is 6.61 Å². The Morgan fingerprint density at radius 1 is 1.35 bits per heavy atom. The first-order chi connectivity index (χ1) is 11.1. The second-order valence-corrected chi connectivity index (χ2v) is 5.97. The molecule has 0 saturated heterocycles. The van der Waals surface area contributed by atoms with Gasteiger partial charge in [-0.05, 0) is 26.0 Å². The molecule has 1 heterocycles. The van der Waals surface area contributed by atoms with Crippen LogP contribution in [0.4, 0.5) is 0 Å². The Labute approximate surface area is 138 Å². The minimum absolute atomic E-state index is 0.210. The predicted octanol–water partition coefficient (Wildman–Crippen LogP) is 1.12. The molecule has 0 aliphatic heterocycles. The summed E-state index contributed by atoms with van der Waals surface area (Å²) in [6.07, 6.45) is 0. The first-order valence-corrected chi connectivity index (χ1v) is 8.00. The molecule has 23 heavy (non-hydrogen) atoms. The molecule has 0 spiro atoms. The molecule has 1 atom stereocenters. The third kappa shape index (κ3) is 4.16. The average Bonchev–Trinajstić information content (AvgIpc) is 2.94. The van der Waals surface area contributed by atoms with Crippen molar-refractivity contribution in [3.8, 4) is 11.5 Å². The van der Waals surface area contributed by atoms with Gasteiger partial charge in [0.25, 0.3) is 0 Å². The van der Waals surface area contributed by atoms with Crippen molar-refractivity contribution >= 4 is 17.7 Å². The highest BCUT2D eigenvalue weighted by Crippen LogP contribution is 2.27. The molecule has 0 aliphatic rings. The molecule has 0 N–H and O–H groups in total. The van der Waals surface area contributed by atoms with Gasteiger partial charge in [-0.25, -0.2) is 0 Å². The van der Waals surface area contributed by atoms with E-state index < -0.39 is 11.2 Å². The SMILES string of the molecule is CCn1c(COc2ccccc2OC)nnc1S[C@@H](C)C(=O)[O-]. The van der Waals surface area contributed by atoms with Crippen molar-refractivity contribution in [2.45, 2.75) is 37.4 Å². The highest BCUT2D eigenvalue weighted by molar-refractivity contribution is 8.00. The molecule has 8 heteroatoms. The van der Waals surface area contributed by atoms with Crippen LogP contribution in [0.15, 0.2) is 29.4 Å². The van der Waals surface area contributed by atoms with Gasteiger partial charge in [0.05, 0.1) is 13.1 Å². The highest BCUT2D eigenvalue weighted by Gasteiger charge is 2.16. The van der Waals surface area contributed by atoms with Crippen molar-refractivity contribution in [3.05, 3.63) is 30.1 Å². The van der Waals surface area contributed by atoms with Crippen LogP contribution in [0.1, 0.15) is 19.7 Å². The molecule has 0 amide bonds. The molecule has 0 fully saturated rings.